The van der Waals surface area contributed by atoms with Crippen molar-refractivity contribution in [2.75, 3.05) is 24.5 Å². The zero-order chi connectivity index (χ0) is 17.1. The number of rotatable bonds is 3. The van der Waals surface area contributed by atoms with Gasteiger partial charge in [-0.25, -0.2) is 4.98 Å². The van der Waals surface area contributed by atoms with Crippen LogP contribution in [0.25, 0.3) is 0 Å². The quantitative estimate of drug-likeness (QED) is 0.861. The molecule has 6 nitrogen and oxygen atoms in total. The molecule has 2 saturated heterocycles. The molecule has 2 atom stereocenters. The minimum atomic E-state index is 0.0400. The first-order valence-corrected chi connectivity index (χ1v) is 9.04. The first-order chi connectivity index (χ1) is 12.3. The van der Waals surface area contributed by atoms with E-state index in [1.807, 2.05) is 24.5 Å². The van der Waals surface area contributed by atoms with Gasteiger partial charge in [0.05, 0.1) is 18.2 Å². The third-order valence-electron chi connectivity index (χ3n) is 5.27. The number of nitrogens with zero attached hydrogens (tertiary/aromatic N) is 5. The van der Waals surface area contributed by atoms with Gasteiger partial charge in [-0.15, -0.1) is 0 Å². The van der Waals surface area contributed by atoms with Crippen molar-refractivity contribution in [3.63, 3.8) is 0 Å². The largest absolute Gasteiger partial charge is 0.355 e. The maximum Gasteiger partial charge on any atom is 0.227 e. The number of likely N-dealkylation sites (tertiary alicyclic amines) is 1. The summed E-state index contributed by atoms with van der Waals surface area (Å²) in [5.41, 5.74) is 1.20. The summed E-state index contributed by atoms with van der Waals surface area (Å²) in [5.74, 6) is 1.19. The van der Waals surface area contributed by atoms with Gasteiger partial charge in [-0.1, -0.05) is 0 Å². The molecule has 1 amide bonds. The smallest absolute Gasteiger partial charge is 0.227 e. The van der Waals surface area contributed by atoms with Crippen LogP contribution >= 0.6 is 0 Å². The molecule has 2 fully saturated rings. The predicted molar refractivity (Wildman–Crippen MR) is 94.9 cm³/mol. The van der Waals surface area contributed by atoms with Gasteiger partial charge in [0.1, 0.15) is 5.82 Å². The van der Waals surface area contributed by atoms with Crippen LogP contribution in [0.4, 0.5) is 5.82 Å². The van der Waals surface area contributed by atoms with Crippen LogP contribution in [0, 0.1) is 5.92 Å². The predicted octanol–water partition coefficient (Wildman–Crippen LogP) is 2.45. The first kappa shape index (κ1) is 16.0. The van der Waals surface area contributed by atoms with E-state index in [2.05, 4.69) is 24.8 Å². The lowest BCUT2D eigenvalue weighted by molar-refractivity contribution is -0.136. The Labute approximate surface area is 147 Å². The molecule has 2 aliphatic heterocycles. The lowest BCUT2D eigenvalue weighted by Gasteiger charge is -2.36. The molecule has 0 N–H and O–H groups in total. The van der Waals surface area contributed by atoms with Gasteiger partial charge in [-0.2, -0.15) is 0 Å². The fourth-order valence-electron chi connectivity index (χ4n) is 4.04. The lowest BCUT2D eigenvalue weighted by Crippen LogP contribution is -2.45. The van der Waals surface area contributed by atoms with Crippen LogP contribution in [0.5, 0.6) is 0 Å². The van der Waals surface area contributed by atoms with Crippen molar-refractivity contribution in [1.82, 2.24) is 19.9 Å². The average Bonchev–Trinajstić information content (AvgIpc) is 3.19. The third kappa shape index (κ3) is 3.34. The minimum absolute atomic E-state index is 0.0400. The van der Waals surface area contributed by atoms with Crippen molar-refractivity contribution in [2.24, 2.45) is 5.92 Å². The summed E-state index contributed by atoms with van der Waals surface area (Å²) < 4.78 is 0. The Morgan fingerprint density at radius 2 is 1.84 bits per heavy atom. The summed E-state index contributed by atoms with van der Waals surface area (Å²) in [6.07, 6.45) is 12.9. The third-order valence-corrected chi connectivity index (χ3v) is 5.27. The van der Waals surface area contributed by atoms with Crippen LogP contribution in [0.1, 0.15) is 37.3 Å². The number of hydrogen-bond acceptors (Lipinski definition) is 5. The molecular weight excluding hydrogens is 314 g/mol. The number of carbonyl (C=O) groups is 1. The van der Waals surface area contributed by atoms with Crippen LogP contribution in [0.3, 0.4) is 0 Å². The highest BCUT2D eigenvalue weighted by molar-refractivity contribution is 5.80. The van der Waals surface area contributed by atoms with Gasteiger partial charge in [-0.3, -0.25) is 14.8 Å². The van der Waals surface area contributed by atoms with Crippen LogP contribution in [-0.4, -0.2) is 45.4 Å². The topological polar surface area (TPSA) is 62.2 Å². The van der Waals surface area contributed by atoms with Crippen molar-refractivity contribution in [3.8, 4) is 0 Å². The molecular formula is C19H23N5O. The van der Waals surface area contributed by atoms with Crippen molar-refractivity contribution in [1.29, 1.82) is 0 Å². The molecule has 0 aliphatic carbocycles. The highest BCUT2D eigenvalue weighted by Crippen LogP contribution is 2.34. The summed E-state index contributed by atoms with van der Waals surface area (Å²) in [6.45, 7) is 2.53. The summed E-state index contributed by atoms with van der Waals surface area (Å²) in [5, 5.41) is 0. The molecule has 0 spiro atoms. The van der Waals surface area contributed by atoms with Crippen LogP contribution in [0.2, 0.25) is 0 Å². The molecule has 4 heterocycles. The molecule has 25 heavy (non-hydrogen) atoms. The van der Waals surface area contributed by atoms with Crippen molar-refractivity contribution in [2.45, 2.75) is 31.7 Å². The van der Waals surface area contributed by atoms with Crippen LogP contribution in [-0.2, 0) is 4.79 Å². The number of hydrogen-bond donors (Lipinski definition) is 0. The summed E-state index contributed by atoms with van der Waals surface area (Å²) in [4.78, 5) is 30.1. The monoisotopic (exact) mass is 337 g/mol. The molecule has 6 heteroatoms. The maximum absolute atomic E-state index is 13.2. The SMILES string of the molecule is O=C(C1CCCN(c2cnccn2)C1)N1CCCC1c1ccncc1. The zero-order valence-electron chi connectivity index (χ0n) is 14.3. The maximum atomic E-state index is 13.2. The average molecular weight is 337 g/mol. The fraction of sp³-hybridized carbons (Fsp3) is 0.474. The Morgan fingerprint density at radius 3 is 2.64 bits per heavy atom. The second-order valence-corrected chi connectivity index (χ2v) is 6.82. The van der Waals surface area contributed by atoms with E-state index in [1.54, 1.807) is 18.6 Å². The Hall–Kier alpha value is -2.50. The van der Waals surface area contributed by atoms with Crippen molar-refractivity contribution in [3.05, 3.63) is 48.7 Å². The Kier molecular flexibility index (Phi) is 4.59. The van der Waals surface area contributed by atoms with Gasteiger partial charge in [0.2, 0.25) is 5.91 Å². The van der Waals surface area contributed by atoms with E-state index in [0.717, 1.165) is 51.1 Å². The normalized spacial score (nSPS) is 23.7. The number of carbonyl (C=O) groups excluding carboxylic acids is 1. The zero-order valence-corrected chi connectivity index (χ0v) is 14.3. The molecule has 0 aromatic carbocycles. The fourth-order valence-corrected chi connectivity index (χ4v) is 4.04. The van der Waals surface area contributed by atoms with Crippen molar-refractivity contribution < 1.29 is 4.79 Å². The Balaban J connectivity index is 1.48. The van der Waals surface area contributed by atoms with E-state index < -0.39 is 0 Å². The molecule has 2 aliphatic rings. The molecule has 0 bridgehead atoms. The second-order valence-electron chi connectivity index (χ2n) is 6.82. The number of anilines is 1. The first-order valence-electron chi connectivity index (χ1n) is 9.04. The van der Waals surface area contributed by atoms with E-state index >= 15 is 0 Å². The summed E-state index contributed by atoms with van der Waals surface area (Å²) in [7, 11) is 0. The Bertz CT molecular complexity index is 708. The van der Waals surface area contributed by atoms with E-state index in [9.17, 15) is 4.79 Å². The molecule has 2 aromatic heterocycles. The second kappa shape index (κ2) is 7.17. The van der Waals surface area contributed by atoms with Gasteiger partial charge in [-0.05, 0) is 43.4 Å². The van der Waals surface area contributed by atoms with Gasteiger partial charge in [0, 0.05) is 44.4 Å². The van der Waals surface area contributed by atoms with Gasteiger partial charge >= 0.3 is 0 Å². The van der Waals surface area contributed by atoms with Crippen LogP contribution in [0.15, 0.2) is 43.1 Å². The van der Waals surface area contributed by atoms with Gasteiger partial charge in [0.25, 0.3) is 0 Å². The molecule has 2 unspecified atom stereocenters. The molecule has 0 radical (unpaired) electrons. The van der Waals surface area contributed by atoms with E-state index in [0.29, 0.717) is 0 Å². The number of pyridine rings is 1. The number of amides is 1. The van der Waals surface area contributed by atoms with Gasteiger partial charge < -0.3 is 9.80 Å². The Morgan fingerprint density at radius 1 is 1.00 bits per heavy atom. The van der Waals surface area contributed by atoms with Gasteiger partial charge in [0.15, 0.2) is 0 Å². The molecule has 2 aromatic rings. The minimum Gasteiger partial charge on any atom is -0.355 e. The number of piperidine rings is 1. The molecule has 4 rings (SSSR count). The number of aromatic nitrogens is 3. The van der Waals surface area contributed by atoms with Crippen LogP contribution < -0.4 is 4.90 Å². The summed E-state index contributed by atoms with van der Waals surface area (Å²) >= 11 is 0. The highest BCUT2D eigenvalue weighted by atomic mass is 16.2. The van der Waals surface area contributed by atoms with E-state index in [1.165, 1.54) is 5.56 Å². The van der Waals surface area contributed by atoms with Crippen molar-refractivity contribution >= 4 is 11.7 Å². The van der Waals surface area contributed by atoms with E-state index in [4.69, 9.17) is 0 Å². The lowest BCUT2D eigenvalue weighted by atomic mass is 9.95. The summed E-state index contributed by atoms with van der Waals surface area (Å²) in [6, 6.07) is 4.26. The molecule has 130 valence electrons. The molecule has 0 saturated carbocycles. The van der Waals surface area contributed by atoms with E-state index in [-0.39, 0.29) is 17.9 Å². The standard InChI is InChI=1S/C19H23N5O/c25-19(24-12-2-4-17(24)15-5-7-20-8-6-15)16-3-1-11-23(14-16)18-13-21-9-10-22-18/h5-10,13,16-17H,1-4,11-12,14H2. The highest BCUT2D eigenvalue weighted by Gasteiger charge is 2.36.